The van der Waals surface area contributed by atoms with Crippen LogP contribution in [0.1, 0.15) is 47.0 Å². The highest BCUT2D eigenvalue weighted by Crippen LogP contribution is 2.28. The molecule has 0 saturated carbocycles. The van der Waals surface area contributed by atoms with Gasteiger partial charge < -0.3 is 0 Å². The second-order valence-corrected chi connectivity index (χ2v) is 4.45. The van der Waals surface area contributed by atoms with Crippen LogP contribution in [0.4, 0.5) is 0 Å². The Kier molecular flexibility index (Phi) is 3.77. The summed E-state index contributed by atoms with van der Waals surface area (Å²) in [5.74, 6) is 1.51. The third kappa shape index (κ3) is 2.72. The summed E-state index contributed by atoms with van der Waals surface area (Å²) in [7, 11) is 0. The van der Waals surface area contributed by atoms with Crippen molar-refractivity contribution >= 4 is 0 Å². The first kappa shape index (κ1) is 10.6. The minimum absolute atomic E-state index is 0.731. The Morgan fingerprint density at radius 2 is 1.62 bits per heavy atom. The fourth-order valence-electron chi connectivity index (χ4n) is 1.82. The zero-order valence-electron chi connectivity index (χ0n) is 9.43. The molecule has 0 nitrogen and oxygen atoms in total. The Bertz CT molecular complexity index is 218. The average Bonchev–Trinajstić information content (AvgIpc) is 2.17. The van der Waals surface area contributed by atoms with Gasteiger partial charge in [0.15, 0.2) is 0 Å². The molecule has 0 heterocycles. The molecule has 0 amide bonds. The van der Waals surface area contributed by atoms with E-state index in [1.165, 1.54) is 19.3 Å². The quantitative estimate of drug-likeness (QED) is 0.603. The largest absolute Gasteiger partial charge is 0.0673 e. The maximum atomic E-state index is 2.35. The lowest BCUT2D eigenvalue weighted by atomic mass is 9.85. The molecule has 0 heteroatoms. The van der Waals surface area contributed by atoms with Crippen molar-refractivity contribution in [2.45, 2.75) is 47.0 Å². The van der Waals surface area contributed by atoms with Crippen molar-refractivity contribution < 1.29 is 0 Å². The van der Waals surface area contributed by atoms with E-state index in [4.69, 9.17) is 0 Å². The van der Waals surface area contributed by atoms with Crippen molar-refractivity contribution in [3.63, 3.8) is 0 Å². The van der Waals surface area contributed by atoms with Gasteiger partial charge in [-0.05, 0) is 31.1 Å². The van der Waals surface area contributed by atoms with Crippen molar-refractivity contribution in [2.24, 2.45) is 11.8 Å². The molecule has 1 aliphatic carbocycles. The molecule has 1 rings (SSSR count). The topological polar surface area (TPSA) is 0 Å². The van der Waals surface area contributed by atoms with E-state index in [9.17, 15) is 0 Å². The fraction of sp³-hybridized carbons (Fsp3) is 0.692. The van der Waals surface area contributed by atoms with Gasteiger partial charge in [-0.2, -0.15) is 0 Å². The molecule has 0 aromatic heterocycles. The first-order valence-corrected chi connectivity index (χ1v) is 5.54. The lowest BCUT2D eigenvalue weighted by molar-refractivity contribution is 0.600. The summed E-state index contributed by atoms with van der Waals surface area (Å²) < 4.78 is 0. The first-order valence-electron chi connectivity index (χ1n) is 5.54. The monoisotopic (exact) mass is 178 g/mol. The molecule has 13 heavy (non-hydrogen) atoms. The van der Waals surface area contributed by atoms with Crippen LogP contribution >= 0.6 is 0 Å². The van der Waals surface area contributed by atoms with E-state index in [0.717, 1.165) is 11.8 Å². The van der Waals surface area contributed by atoms with Crippen molar-refractivity contribution in [1.82, 2.24) is 0 Å². The molecule has 74 valence electrons. The van der Waals surface area contributed by atoms with Gasteiger partial charge >= 0.3 is 0 Å². The summed E-state index contributed by atoms with van der Waals surface area (Å²) in [4.78, 5) is 0. The van der Waals surface area contributed by atoms with Gasteiger partial charge in [0.1, 0.15) is 0 Å². The summed E-state index contributed by atoms with van der Waals surface area (Å²) in [6, 6.07) is 0. The molecule has 0 spiro atoms. The fourth-order valence-corrected chi connectivity index (χ4v) is 1.82. The van der Waals surface area contributed by atoms with Gasteiger partial charge in [0.25, 0.3) is 0 Å². The number of hydrogen-bond donors (Lipinski definition) is 0. The molecule has 0 aromatic carbocycles. The highest BCUT2D eigenvalue weighted by molar-refractivity contribution is 5.26. The van der Waals surface area contributed by atoms with Crippen LogP contribution in [-0.4, -0.2) is 0 Å². The van der Waals surface area contributed by atoms with Crippen molar-refractivity contribution in [3.8, 4) is 0 Å². The predicted octanol–water partition coefficient (Wildman–Crippen LogP) is 4.34. The zero-order chi connectivity index (χ0) is 9.84. The Labute approximate surface area is 82.7 Å². The third-order valence-corrected chi connectivity index (χ3v) is 3.20. The third-order valence-electron chi connectivity index (χ3n) is 3.20. The van der Waals surface area contributed by atoms with Crippen molar-refractivity contribution in [2.75, 3.05) is 0 Å². The zero-order valence-corrected chi connectivity index (χ0v) is 9.43. The predicted molar refractivity (Wildman–Crippen MR) is 59.7 cm³/mol. The van der Waals surface area contributed by atoms with Crippen LogP contribution in [0.15, 0.2) is 23.3 Å². The Balaban J connectivity index is 2.64. The van der Waals surface area contributed by atoms with E-state index in [2.05, 4.69) is 39.8 Å². The van der Waals surface area contributed by atoms with Crippen molar-refractivity contribution in [3.05, 3.63) is 23.3 Å². The summed E-state index contributed by atoms with van der Waals surface area (Å²) in [6.07, 6.45) is 8.55. The second-order valence-electron chi connectivity index (χ2n) is 4.45. The van der Waals surface area contributed by atoms with Gasteiger partial charge in [-0.25, -0.2) is 0 Å². The molecule has 0 bridgehead atoms. The molecule has 0 N–H and O–H groups in total. The van der Waals surface area contributed by atoms with E-state index < -0.39 is 0 Å². The molecule has 1 atom stereocenters. The Morgan fingerprint density at radius 3 is 2.00 bits per heavy atom. The summed E-state index contributed by atoms with van der Waals surface area (Å²) >= 11 is 0. The van der Waals surface area contributed by atoms with Gasteiger partial charge in [-0.1, -0.05) is 51.0 Å². The first-order chi connectivity index (χ1) is 6.15. The van der Waals surface area contributed by atoms with Gasteiger partial charge in [0.2, 0.25) is 0 Å². The van der Waals surface area contributed by atoms with Crippen LogP contribution in [0.25, 0.3) is 0 Å². The highest BCUT2D eigenvalue weighted by atomic mass is 14.2. The molecule has 1 unspecified atom stereocenters. The molecular weight excluding hydrogens is 156 g/mol. The average molecular weight is 178 g/mol. The number of rotatable bonds is 3. The molecule has 0 aromatic rings. The maximum absolute atomic E-state index is 2.35. The van der Waals surface area contributed by atoms with Gasteiger partial charge in [0.05, 0.1) is 0 Å². The molecule has 0 aliphatic heterocycles. The van der Waals surface area contributed by atoms with Gasteiger partial charge in [0, 0.05) is 0 Å². The van der Waals surface area contributed by atoms with Crippen LogP contribution in [0.3, 0.4) is 0 Å². The molecule has 0 fully saturated rings. The maximum Gasteiger partial charge on any atom is -0.0231 e. The smallest absolute Gasteiger partial charge is 0.0231 e. The van der Waals surface area contributed by atoms with E-state index in [0.29, 0.717) is 0 Å². The minimum Gasteiger partial charge on any atom is -0.0673 e. The standard InChI is InChI=1S/C13H22/c1-5-11(4)13-8-6-12(7-9-13)10(2)3/h6,8,10-11H,5,7,9H2,1-4H3. The number of allylic oxidation sites excluding steroid dienone is 4. The lowest BCUT2D eigenvalue weighted by Crippen LogP contribution is -2.04. The van der Waals surface area contributed by atoms with Crippen LogP contribution in [0.2, 0.25) is 0 Å². The Hall–Kier alpha value is -0.520. The van der Waals surface area contributed by atoms with E-state index >= 15 is 0 Å². The summed E-state index contributed by atoms with van der Waals surface area (Å²) in [5.41, 5.74) is 3.26. The van der Waals surface area contributed by atoms with E-state index in [1.54, 1.807) is 11.1 Å². The highest BCUT2D eigenvalue weighted by Gasteiger charge is 2.12. The van der Waals surface area contributed by atoms with Gasteiger partial charge in [-0.3, -0.25) is 0 Å². The lowest BCUT2D eigenvalue weighted by Gasteiger charge is -2.20. The molecular formula is C13H22. The SMILES string of the molecule is CCC(C)C1=CC=C(C(C)C)CC1. The van der Waals surface area contributed by atoms with Crippen LogP contribution in [0.5, 0.6) is 0 Å². The van der Waals surface area contributed by atoms with Crippen LogP contribution in [0, 0.1) is 11.8 Å². The van der Waals surface area contributed by atoms with Gasteiger partial charge in [-0.15, -0.1) is 0 Å². The Morgan fingerprint density at radius 1 is 1.08 bits per heavy atom. The normalized spacial score (nSPS) is 19.8. The minimum atomic E-state index is 0.731. The molecule has 0 saturated heterocycles. The van der Waals surface area contributed by atoms with Crippen LogP contribution in [-0.2, 0) is 0 Å². The molecule has 1 aliphatic rings. The van der Waals surface area contributed by atoms with E-state index in [-0.39, 0.29) is 0 Å². The van der Waals surface area contributed by atoms with Crippen LogP contribution < -0.4 is 0 Å². The molecule has 0 radical (unpaired) electrons. The van der Waals surface area contributed by atoms with Crippen molar-refractivity contribution in [1.29, 1.82) is 0 Å². The summed E-state index contributed by atoms with van der Waals surface area (Å²) in [5, 5.41) is 0. The summed E-state index contributed by atoms with van der Waals surface area (Å²) in [6.45, 7) is 9.18. The van der Waals surface area contributed by atoms with E-state index in [1.807, 2.05) is 0 Å². The number of hydrogen-bond acceptors (Lipinski definition) is 0. The second kappa shape index (κ2) is 4.64.